The van der Waals surface area contributed by atoms with E-state index in [0.29, 0.717) is 28.8 Å². The highest BCUT2D eigenvalue weighted by Crippen LogP contribution is 2.47. The number of nitrogens with zero attached hydrogens (tertiary/aromatic N) is 5. The molecule has 32 heavy (non-hydrogen) atoms. The Labute approximate surface area is 182 Å². The smallest absolute Gasteiger partial charge is 0.315 e. The molecule has 2 fully saturated rings. The van der Waals surface area contributed by atoms with E-state index in [1.807, 2.05) is 0 Å². The van der Waals surface area contributed by atoms with Gasteiger partial charge in [0.25, 0.3) is 5.92 Å². The van der Waals surface area contributed by atoms with E-state index < -0.39 is 24.5 Å². The molecule has 4 heterocycles. The average Bonchev–Trinajstić information content (AvgIpc) is 3.60. The lowest BCUT2D eigenvalue weighted by molar-refractivity contribution is -0.163. The zero-order chi connectivity index (χ0) is 22.5. The van der Waals surface area contributed by atoms with Crippen molar-refractivity contribution in [1.29, 1.82) is 0 Å². The maximum atomic E-state index is 14.3. The zero-order valence-corrected chi connectivity index (χ0v) is 17.3. The van der Waals surface area contributed by atoms with Crippen molar-refractivity contribution in [3.8, 4) is 11.1 Å². The van der Waals surface area contributed by atoms with E-state index in [4.69, 9.17) is 5.73 Å². The molecule has 164 valence electrons. The molecule has 3 aromatic heterocycles. The van der Waals surface area contributed by atoms with Crippen LogP contribution in [0.2, 0.25) is 0 Å². The summed E-state index contributed by atoms with van der Waals surface area (Å²) < 4.78 is 28.6. The predicted molar refractivity (Wildman–Crippen MR) is 113 cm³/mol. The van der Waals surface area contributed by atoms with Gasteiger partial charge >= 0.3 is 6.03 Å². The Kier molecular flexibility index (Phi) is 4.72. The van der Waals surface area contributed by atoms with Crippen molar-refractivity contribution >= 4 is 17.7 Å². The lowest BCUT2D eigenvalue weighted by Crippen LogP contribution is -2.62. The molecule has 3 aromatic rings. The number of nitrogens with one attached hydrogen (secondary N) is 1. The van der Waals surface area contributed by atoms with Crippen LogP contribution in [0.15, 0.2) is 42.9 Å². The molecule has 0 spiro atoms. The topological polar surface area (TPSA) is 110 Å². The minimum absolute atomic E-state index is 0.272. The molecule has 1 aliphatic heterocycles. The summed E-state index contributed by atoms with van der Waals surface area (Å²) in [6.45, 7) is 0.945. The zero-order valence-electron chi connectivity index (χ0n) is 17.3. The molecule has 2 aliphatic rings. The molecule has 1 unspecified atom stereocenters. The first kappa shape index (κ1) is 20.2. The minimum Gasteiger partial charge on any atom is -0.351 e. The second kappa shape index (κ2) is 7.47. The Morgan fingerprint density at radius 3 is 2.62 bits per heavy atom. The second-order valence-electron chi connectivity index (χ2n) is 8.16. The van der Waals surface area contributed by atoms with Gasteiger partial charge in [0.15, 0.2) is 0 Å². The number of hydrogen-bond acceptors (Lipinski definition) is 6. The third-order valence-electron chi connectivity index (χ3n) is 5.76. The van der Waals surface area contributed by atoms with Gasteiger partial charge in [-0.3, -0.25) is 4.98 Å². The first-order valence-corrected chi connectivity index (χ1v) is 10.3. The molecular formula is C22H21F2N7O. The summed E-state index contributed by atoms with van der Waals surface area (Å²) in [6, 6.07) is 4.65. The van der Waals surface area contributed by atoms with Gasteiger partial charge in [-0.2, -0.15) is 0 Å². The van der Waals surface area contributed by atoms with E-state index in [2.05, 4.69) is 25.3 Å². The first-order valence-electron chi connectivity index (χ1n) is 10.3. The van der Waals surface area contributed by atoms with Crippen LogP contribution in [0, 0.1) is 6.92 Å². The fourth-order valence-corrected chi connectivity index (χ4v) is 3.90. The summed E-state index contributed by atoms with van der Waals surface area (Å²) in [5.41, 5.74) is 7.34. The quantitative estimate of drug-likeness (QED) is 0.626. The number of amides is 2. The third kappa shape index (κ3) is 3.72. The average molecular weight is 437 g/mol. The van der Waals surface area contributed by atoms with Gasteiger partial charge in [-0.05, 0) is 49.6 Å². The van der Waals surface area contributed by atoms with Crippen LogP contribution in [0.3, 0.4) is 0 Å². The largest absolute Gasteiger partial charge is 0.351 e. The van der Waals surface area contributed by atoms with E-state index in [9.17, 15) is 13.6 Å². The van der Waals surface area contributed by atoms with Crippen LogP contribution in [0.1, 0.15) is 41.9 Å². The Morgan fingerprint density at radius 2 is 1.91 bits per heavy atom. The van der Waals surface area contributed by atoms with Crippen molar-refractivity contribution < 1.29 is 13.6 Å². The summed E-state index contributed by atoms with van der Waals surface area (Å²) in [7, 11) is 0. The van der Waals surface area contributed by atoms with Crippen molar-refractivity contribution in [3.05, 3.63) is 59.9 Å². The standard InChI is InChI=1S/C22H21F2N7O/c1-12-16(19-22(23,24)11-31(19)21(25)32)8-15(10-28-12)14-4-6-26-18(9-14)29-17-5-7-27-20(30-17)13-2-3-13/h4-10,13,19H,2-3,11H2,1H3,(H2,25,32)(H,26,27,29,30). The number of halogens is 2. The van der Waals surface area contributed by atoms with Crippen LogP contribution in [0.5, 0.6) is 0 Å². The number of alkyl halides is 2. The van der Waals surface area contributed by atoms with Crippen LogP contribution in [-0.4, -0.2) is 43.3 Å². The molecule has 1 aliphatic carbocycles. The number of urea groups is 1. The number of aromatic nitrogens is 4. The van der Waals surface area contributed by atoms with Crippen LogP contribution in [-0.2, 0) is 0 Å². The van der Waals surface area contributed by atoms with E-state index in [1.165, 1.54) is 0 Å². The third-order valence-corrected chi connectivity index (χ3v) is 5.76. The van der Waals surface area contributed by atoms with E-state index >= 15 is 0 Å². The minimum atomic E-state index is -3.06. The number of nitrogens with two attached hydrogens (primary N) is 1. The molecular weight excluding hydrogens is 416 g/mol. The summed E-state index contributed by atoms with van der Waals surface area (Å²) in [6.07, 6.45) is 7.15. The molecule has 1 saturated carbocycles. The maximum Gasteiger partial charge on any atom is 0.315 e. The summed E-state index contributed by atoms with van der Waals surface area (Å²) in [5.74, 6) is -0.618. The highest BCUT2D eigenvalue weighted by atomic mass is 19.3. The fourth-order valence-electron chi connectivity index (χ4n) is 3.90. The number of carbonyl (C=O) groups is 1. The monoisotopic (exact) mass is 437 g/mol. The van der Waals surface area contributed by atoms with Gasteiger partial charge in [-0.15, -0.1) is 0 Å². The molecule has 3 N–H and O–H groups in total. The molecule has 10 heteroatoms. The fraction of sp³-hybridized carbons (Fsp3) is 0.318. The number of carbonyl (C=O) groups excluding carboxylic acids is 1. The highest BCUT2D eigenvalue weighted by molar-refractivity contribution is 5.75. The first-order chi connectivity index (χ1) is 15.3. The number of pyridine rings is 2. The van der Waals surface area contributed by atoms with Gasteiger partial charge in [0, 0.05) is 41.3 Å². The molecule has 5 rings (SSSR count). The number of anilines is 2. The van der Waals surface area contributed by atoms with Crippen LogP contribution < -0.4 is 11.1 Å². The van der Waals surface area contributed by atoms with Gasteiger partial charge < -0.3 is 16.0 Å². The number of hydrogen-bond donors (Lipinski definition) is 2. The molecule has 2 amide bonds. The summed E-state index contributed by atoms with van der Waals surface area (Å²) >= 11 is 0. The van der Waals surface area contributed by atoms with Crippen molar-refractivity contribution in [1.82, 2.24) is 24.8 Å². The van der Waals surface area contributed by atoms with Gasteiger partial charge in [-0.1, -0.05) is 0 Å². The van der Waals surface area contributed by atoms with E-state index in [-0.39, 0.29) is 5.56 Å². The summed E-state index contributed by atoms with van der Waals surface area (Å²) in [5, 5.41) is 3.17. The number of likely N-dealkylation sites (tertiary alicyclic amines) is 1. The van der Waals surface area contributed by atoms with Crippen LogP contribution in [0.4, 0.5) is 25.2 Å². The van der Waals surface area contributed by atoms with Crippen molar-refractivity contribution in [2.45, 2.75) is 37.6 Å². The highest BCUT2D eigenvalue weighted by Gasteiger charge is 2.57. The van der Waals surface area contributed by atoms with Crippen molar-refractivity contribution in [2.75, 3.05) is 11.9 Å². The van der Waals surface area contributed by atoms with E-state index in [0.717, 1.165) is 29.1 Å². The molecule has 8 nitrogen and oxygen atoms in total. The number of aryl methyl sites for hydroxylation is 1. The van der Waals surface area contributed by atoms with Gasteiger partial charge in [0.1, 0.15) is 23.5 Å². The second-order valence-corrected chi connectivity index (χ2v) is 8.16. The van der Waals surface area contributed by atoms with Gasteiger partial charge in [-0.25, -0.2) is 28.5 Å². The molecule has 1 saturated heterocycles. The molecule has 1 atom stereocenters. The van der Waals surface area contributed by atoms with Gasteiger partial charge in [0.05, 0.1) is 6.54 Å². The molecule has 0 bridgehead atoms. The predicted octanol–water partition coefficient (Wildman–Crippen LogP) is 3.93. The molecule has 0 aromatic carbocycles. The normalized spacial score (nSPS) is 19.3. The maximum absolute atomic E-state index is 14.3. The molecule has 0 radical (unpaired) electrons. The Bertz CT molecular complexity index is 1200. The van der Waals surface area contributed by atoms with Crippen molar-refractivity contribution in [3.63, 3.8) is 0 Å². The van der Waals surface area contributed by atoms with Crippen LogP contribution >= 0.6 is 0 Å². The Balaban J connectivity index is 1.44. The Hall–Kier alpha value is -3.69. The SMILES string of the molecule is Cc1ncc(-c2ccnc(Nc3ccnc(C4CC4)n3)c2)cc1C1N(C(N)=O)CC1(F)F. The Morgan fingerprint density at radius 1 is 1.12 bits per heavy atom. The van der Waals surface area contributed by atoms with Gasteiger partial charge in [0.2, 0.25) is 0 Å². The van der Waals surface area contributed by atoms with Crippen molar-refractivity contribution in [2.24, 2.45) is 5.73 Å². The number of primary amides is 1. The lowest BCUT2D eigenvalue weighted by atomic mass is 9.88. The van der Waals surface area contributed by atoms with Crippen LogP contribution in [0.25, 0.3) is 11.1 Å². The summed E-state index contributed by atoms with van der Waals surface area (Å²) in [4.78, 5) is 30.0. The van der Waals surface area contributed by atoms with E-state index in [1.54, 1.807) is 49.8 Å². The lowest BCUT2D eigenvalue weighted by Gasteiger charge is -2.47. The number of rotatable bonds is 5.